The lowest BCUT2D eigenvalue weighted by Crippen LogP contribution is -2.46. The van der Waals surface area contributed by atoms with Gasteiger partial charge >= 0.3 is 0 Å². The van der Waals surface area contributed by atoms with Crippen LogP contribution in [-0.4, -0.2) is 35.7 Å². The Bertz CT molecular complexity index is 1160. The normalized spacial score (nSPS) is 15.8. The molecule has 3 aromatic carbocycles. The summed E-state index contributed by atoms with van der Waals surface area (Å²) in [7, 11) is 0. The zero-order chi connectivity index (χ0) is 25.5. The fraction of sp³-hybridized carbons (Fsp3) is 0.333. The molecule has 0 bridgehead atoms. The number of carbonyl (C=O) groups is 2. The van der Waals surface area contributed by atoms with Gasteiger partial charge in [-0.1, -0.05) is 90.8 Å². The lowest BCUT2D eigenvalue weighted by Gasteiger charge is -2.40. The van der Waals surface area contributed by atoms with Crippen LogP contribution < -0.4 is 5.32 Å². The molecule has 3 aromatic rings. The first kappa shape index (κ1) is 26.2. The van der Waals surface area contributed by atoms with Gasteiger partial charge in [-0.2, -0.15) is 0 Å². The smallest absolute Gasteiger partial charge is 0.222 e. The highest BCUT2D eigenvalue weighted by Gasteiger charge is 2.38. The minimum absolute atomic E-state index is 0.0730. The number of Topliss-reactive ketones (excluding diaryl/α,β-unsaturated/α-hetero) is 1. The van der Waals surface area contributed by atoms with Crippen LogP contribution in [0.3, 0.4) is 0 Å². The average molecular weight is 524 g/mol. The van der Waals surface area contributed by atoms with Crippen LogP contribution in [0.2, 0.25) is 10.0 Å². The molecule has 1 heterocycles. The summed E-state index contributed by atoms with van der Waals surface area (Å²) in [6.45, 7) is 3.43. The quantitative estimate of drug-likeness (QED) is 0.296. The number of carbonyl (C=O) groups excluding carboxylic acids is 2. The van der Waals surface area contributed by atoms with E-state index in [1.807, 2.05) is 84.6 Å². The fourth-order valence-corrected chi connectivity index (χ4v) is 5.39. The topological polar surface area (TPSA) is 49.4 Å². The van der Waals surface area contributed by atoms with Gasteiger partial charge in [-0.05, 0) is 48.9 Å². The van der Waals surface area contributed by atoms with Crippen molar-refractivity contribution in [3.05, 3.63) is 100 Å². The molecule has 36 heavy (non-hydrogen) atoms. The third-order valence-electron chi connectivity index (χ3n) is 6.98. The monoisotopic (exact) mass is 522 g/mol. The molecule has 4 nitrogen and oxygen atoms in total. The molecule has 4 rings (SSSR count). The first-order valence-corrected chi connectivity index (χ1v) is 13.4. The molecule has 6 heteroatoms. The summed E-state index contributed by atoms with van der Waals surface area (Å²) >= 11 is 12.5. The van der Waals surface area contributed by atoms with Crippen LogP contribution in [0, 0.1) is 5.92 Å². The van der Waals surface area contributed by atoms with E-state index in [9.17, 15) is 9.59 Å². The van der Waals surface area contributed by atoms with Crippen molar-refractivity contribution >= 4 is 40.6 Å². The van der Waals surface area contributed by atoms with E-state index in [0.717, 1.165) is 30.5 Å². The van der Waals surface area contributed by atoms with Crippen LogP contribution in [0.4, 0.5) is 5.69 Å². The maximum atomic E-state index is 14.0. The van der Waals surface area contributed by atoms with Crippen LogP contribution in [0.15, 0.2) is 78.9 Å². The van der Waals surface area contributed by atoms with Crippen LogP contribution in [-0.2, 0) is 4.79 Å². The van der Waals surface area contributed by atoms with E-state index in [1.54, 1.807) is 6.07 Å². The predicted octanol–water partition coefficient (Wildman–Crippen LogP) is 7.48. The lowest BCUT2D eigenvalue weighted by atomic mass is 9.75. The second-order valence-corrected chi connectivity index (χ2v) is 10.2. The molecule has 1 saturated heterocycles. The molecule has 1 amide bonds. The van der Waals surface area contributed by atoms with Crippen molar-refractivity contribution in [2.75, 3.05) is 18.4 Å². The summed E-state index contributed by atoms with van der Waals surface area (Å²) in [5, 5.41) is 4.62. The summed E-state index contributed by atoms with van der Waals surface area (Å²) < 4.78 is 0. The third-order valence-corrected chi connectivity index (χ3v) is 7.71. The van der Waals surface area contributed by atoms with Crippen molar-refractivity contribution in [1.82, 2.24) is 4.90 Å². The molecular formula is C30H32Cl2N2O2. The molecule has 0 aliphatic carbocycles. The molecular weight excluding hydrogens is 491 g/mol. The first-order chi connectivity index (χ1) is 17.5. The molecule has 188 valence electrons. The molecule has 1 fully saturated rings. The summed E-state index contributed by atoms with van der Waals surface area (Å²) in [6.07, 6.45) is 3.07. The highest BCUT2D eigenvalue weighted by Crippen LogP contribution is 2.36. The highest BCUT2D eigenvalue weighted by molar-refractivity contribution is 6.42. The van der Waals surface area contributed by atoms with E-state index in [1.165, 1.54) is 0 Å². The molecule has 0 aromatic heterocycles. The highest BCUT2D eigenvalue weighted by atomic mass is 35.5. The number of rotatable bonds is 9. The average Bonchev–Trinajstić information content (AvgIpc) is 2.91. The van der Waals surface area contributed by atoms with Gasteiger partial charge in [-0.3, -0.25) is 9.59 Å². The zero-order valence-corrected chi connectivity index (χ0v) is 22.0. The van der Waals surface area contributed by atoms with Crippen LogP contribution in [0.5, 0.6) is 0 Å². The van der Waals surface area contributed by atoms with Gasteiger partial charge in [0, 0.05) is 36.8 Å². The first-order valence-electron chi connectivity index (χ1n) is 12.6. The minimum atomic E-state index is -0.411. The second-order valence-electron chi connectivity index (χ2n) is 9.39. The second kappa shape index (κ2) is 12.4. The number of likely N-dealkylation sites (tertiary alicyclic amines) is 1. The lowest BCUT2D eigenvalue weighted by molar-refractivity contribution is -0.132. The van der Waals surface area contributed by atoms with Crippen LogP contribution in [0.25, 0.3) is 0 Å². The number of piperidine rings is 1. The van der Waals surface area contributed by atoms with E-state index >= 15 is 0 Å². The van der Waals surface area contributed by atoms with Gasteiger partial charge in [0.1, 0.15) is 0 Å². The molecule has 2 unspecified atom stereocenters. The van der Waals surface area contributed by atoms with Crippen molar-refractivity contribution in [2.45, 2.75) is 44.6 Å². The number of nitrogens with zero attached hydrogens (tertiary/aromatic N) is 1. The number of hydrogen-bond donors (Lipinski definition) is 1. The summed E-state index contributed by atoms with van der Waals surface area (Å²) in [4.78, 5) is 28.5. The van der Waals surface area contributed by atoms with Crippen molar-refractivity contribution in [3.63, 3.8) is 0 Å². The Hall–Kier alpha value is -2.82. The Morgan fingerprint density at radius 1 is 0.917 bits per heavy atom. The van der Waals surface area contributed by atoms with Crippen molar-refractivity contribution in [2.24, 2.45) is 5.92 Å². The van der Waals surface area contributed by atoms with Gasteiger partial charge in [0.2, 0.25) is 5.91 Å². The summed E-state index contributed by atoms with van der Waals surface area (Å²) in [5.74, 6) is 0.0581. The Morgan fingerprint density at radius 3 is 2.17 bits per heavy atom. The number of anilines is 1. The molecule has 2 atom stereocenters. The molecule has 0 saturated carbocycles. The van der Waals surface area contributed by atoms with Crippen molar-refractivity contribution < 1.29 is 9.59 Å². The third kappa shape index (κ3) is 6.29. The van der Waals surface area contributed by atoms with E-state index in [4.69, 9.17) is 23.2 Å². The Morgan fingerprint density at radius 2 is 1.56 bits per heavy atom. The van der Waals surface area contributed by atoms with E-state index in [0.29, 0.717) is 35.1 Å². The predicted molar refractivity (Wildman–Crippen MR) is 148 cm³/mol. The Kier molecular flexibility index (Phi) is 9.06. The van der Waals surface area contributed by atoms with Gasteiger partial charge in [-0.25, -0.2) is 0 Å². The number of hydrogen-bond acceptors (Lipinski definition) is 3. The molecule has 1 aliphatic heterocycles. The van der Waals surface area contributed by atoms with Gasteiger partial charge in [0.05, 0.1) is 16.0 Å². The van der Waals surface area contributed by atoms with Gasteiger partial charge in [0.15, 0.2) is 5.78 Å². The van der Waals surface area contributed by atoms with E-state index in [-0.39, 0.29) is 23.7 Å². The fourth-order valence-electron chi connectivity index (χ4n) is 5.10. The Balaban J connectivity index is 1.70. The Labute approximate surface area is 223 Å². The van der Waals surface area contributed by atoms with Crippen LogP contribution >= 0.6 is 23.2 Å². The number of amides is 1. The zero-order valence-electron chi connectivity index (χ0n) is 20.5. The van der Waals surface area contributed by atoms with Crippen molar-refractivity contribution in [3.8, 4) is 0 Å². The number of nitrogens with one attached hydrogen (secondary N) is 1. The van der Waals surface area contributed by atoms with Crippen molar-refractivity contribution in [1.29, 1.82) is 0 Å². The molecule has 1 aliphatic rings. The molecule has 1 N–H and O–H groups in total. The summed E-state index contributed by atoms with van der Waals surface area (Å²) in [5.41, 5.74) is 2.47. The number of benzene rings is 3. The van der Waals surface area contributed by atoms with E-state index in [2.05, 4.69) is 5.32 Å². The van der Waals surface area contributed by atoms with Crippen LogP contribution in [0.1, 0.15) is 54.4 Å². The standard InChI is InChI=1S/C30H32Cl2N2O2/c1-2-9-27(35)34-18-16-22(17-19-34)29(33-24-14-15-25(31)26(32)20-24)28(21-10-5-3-6-11-21)30(36)23-12-7-4-8-13-23/h3-8,10-15,20,22,28-29,33H,2,9,16-19H2,1H3. The number of halogens is 2. The maximum Gasteiger partial charge on any atom is 0.222 e. The largest absolute Gasteiger partial charge is 0.381 e. The maximum absolute atomic E-state index is 14.0. The summed E-state index contributed by atoms with van der Waals surface area (Å²) in [6, 6.07) is 24.7. The van der Waals surface area contributed by atoms with Gasteiger partial charge in [-0.15, -0.1) is 0 Å². The SMILES string of the molecule is CCCC(=O)N1CCC(C(Nc2ccc(Cl)c(Cl)c2)C(C(=O)c2ccccc2)c2ccccc2)CC1. The van der Waals surface area contributed by atoms with E-state index < -0.39 is 5.92 Å². The van der Waals surface area contributed by atoms with Gasteiger partial charge < -0.3 is 10.2 Å². The number of ketones is 1. The van der Waals surface area contributed by atoms with Gasteiger partial charge in [0.25, 0.3) is 0 Å². The molecule has 0 radical (unpaired) electrons. The molecule has 0 spiro atoms. The minimum Gasteiger partial charge on any atom is -0.381 e.